The largest absolute Gasteiger partial charge is 0.348 e. The molecule has 8 heteroatoms. The van der Waals surface area contributed by atoms with Gasteiger partial charge in [0.15, 0.2) is 0 Å². The molecule has 1 amide bonds. The van der Waals surface area contributed by atoms with Gasteiger partial charge in [0, 0.05) is 35.8 Å². The van der Waals surface area contributed by atoms with E-state index < -0.39 is 10.0 Å². The fourth-order valence-electron chi connectivity index (χ4n) is 2.98. The molecule has 0 spiro atoms. The Bertz CT molecular complexity index is 677. The molecule has 0 bridgehead atoms. The summed E-state index contributed by atoms with van der Waals surface area (Å²) in [6.45, 7) is 6.87. The fourth-order valence-corrected chi connectivity index (χ4v) is 4.96. The minimum Gasteiger partial charge on any atom is -0.348 e. The van der Waals surface area contributed by atoms with Gasteiger partial charge in [0.1, 0.15) is 5.69 Å². The monoisotopic (exact) mass is 419 g/mol. The highest BCUT2D eigenvalue weighted by Crippen LogP contribution is 2.20. The van der Waals surface area contributed by atoms with E-state index in [1.807, 2.05) is 37.6 Å². The van der Waals surface area contributed by atoms with Crippen molar-refractivity contribution < 1.29 is 13.2 Å². The molecular weight excluding hydrogens is 394 g/mol. The Morgan fingerprint density at radius 2 is 2.00 bits per heavy atom. The average Bonchev–Trinajstić information content (AvgIpc) is 2.90. The predicted octanol–water partition coefficient (Wildman–Crippen LogP) is 2.77. The molecule has 0 aliphatic carbocycles. The average molecular weight is 420 g/mol. The number of halogens is 1. The summed E-state index contributed by atoms with van der Waals surface area (Å²) in [5.41, 5.74) is 0.623. The number of sulfonamides is 1. The number of piperidine rings is 1. The minimum absolute atomic E-state index is 0.0138. The fraction of sp³-hybridized carbons (Fsp3) is 0.688. The smallest absolute Gasteiger partial charge is 0.268 e. The van der Waals surface area contributed by atoms with E-state index in [9.17, 15) is 13.2 Å². The highest BCUT2D eigenvalue weighted by Gasteiger charge is 2.28. The van der Waals surface area contributed by atoms with Crippen LogP contribution in [0, 0.1) is 0 Å². The van der Waals surface area contributed by atoms with E-state index in [1.54, 1.807) is 4.31 Å². The third kappa shape index (κ3) is 4.61. The van der Waals surface area contributed by atoms with Crippen LogP contribution in [0.5, 0.6) is 0 Å². The molecule has 2 heterocycles. The summed E-state index contributed by atoms with van der Waals surface area (Å²) >= 11 is 3.42. The molecule has 136 valence electrons. The molecule has 0 unspecified atom stereocenters. The van der Waals surface area contributed by atoms with Crippen LogP contribution in [0.15, 0.2) is 16.7 Å². The van der Waals surface area contributed by atoms with Crippen molar-refractivity contribution in [2.45, 2.75) is 52.1 Å². The number of nitrogens with zero attached hydrogens (tertiary/aromatic N) is 2. The van der Waals surface area contributed by atoms with Gasteiger partial charge in [-0.2, -0.15) is 0 Å². The molecule has 1 fully saturated rings. The molecule has 0 saturated carbocycles. The highest BCUT2D eigenvalue weighted by atomic mass is 79.9. The van der Waals surface area contributed by atoms with Crippen LogP contribution < -0.4 is 5.32 Å². The van der Waals surface area contributed by atoms with Crippen LogP contribution >= 0.6 is 15.9 Å². The van der Waals surface area contributed by atoms with Crippen molar-refractivity contribution in [3.8, 4) is 0 Å². The Morgan fingerprint density at radius 3 is 2.54 bits per heavy atom. The van der Waals surface area contributed by atoms with Crippen LogP contribution in [0.2, 0.25) is 0 Å². The highest BCUT2D eigenvalue weighted by molar-refractivity contribution is 9.10. The molecule has 1 N–H and O–H groups in total. The van der Waals surface area contributed by atoms with Gasteiger partial charge in [-0.1, -0.05) is 6.92 Å². The van der Waals surface area contributed by atoms with Gasteiger partial charge in [0.25, 0.3) is 5.91 Å². The number of aromatic nitrogens is 1. The van der Waals surface area contributed by atoms with E-state index in [1.165, 1.54) is 0 Å². The van der Waals surface area contributed by atoms with E-state index >= 15 is 0 Å². The van der Waals surface area contributed by atoms with E-state index in [0.717, 1.165) is 4.47 Å². The molecule has 2 rings (SSSR count). The lowest BCUT2D eigenvalue weighted by Gasteiger charge is -2.31. The topological polar surface area (TPSA) is 71.4 Å². The van der Waals surface area contributed by atoms with Gasteiger partial charge in [0.2, 0.25) is 10.0 Å². The number of carbonyl (C=O) groups excluding carboxylic acids is 1. The Morgan fingerprint density at radius 1 is 1.38 bits per heavy atom. The summed E-state index contributed by atoms with van der Waals surface area (Å²) in [5.74, 6) is 0.0872. The zero-order valence-electron chi connectivity index (χ0n) is 14.5. The number of amides is 1. The van der Waals surface area contributed by atoms with Crippen molar-refractivity contribution in [1.82, 2.24) is 14.2 Å². The first-order valence-corrected chi connectivity index (χ1v) is 10.8. The first kappa shape index (κ1) is 19.5. The van der Waals surface area contributed by atoms with Crippen LogP contribution in [0.1, 0.15) is 56.6 Å². The second kappa shape index (κ2) is 8.01. The van der Waals surface area contributed by atoms with Crippen molar-refractivity contribution in [3.63, 3.8) is 0 Å². The maximum absolute atomic E-state index is 12.5. The number of rotatable bonds is 6. The first-order valence-electron chi connectivity index (χ1n) is 8.40. The van der Waals surface area contributed by atoms with E-state index in [-0.39, 0.29) is 23.7 Å². The normalized spacial score (nSPS) is 17.4. The van der Waals surface area contributed by atoms with Gasteiger partial charge in [-0.25, -0.2) is 12.7 Å². The van der Waals surface area contributed by atoms with Crippen molar-refractivity contribution in [3.05, 3.63) is 22.4 Å². The van der Waals surface area contributed by atoms with Crippen LogP contribution in [0.3, 0.4) is 0 Å². The second-order valence-corrected chi connectivity index (χ2v) is 9.51. The molecular formula is C16H26BrN3O3S. The summed E-state index contributed by atoms with van der Waals surface area (Å²) in [5, 5.41) is 3.05. The molecule has 0 aromatic carbocycles. The van der Waals surface area contributed by atoms with E-state index in [0.29, 0.717) is 38.0 Å². The zero-order chi connectivity index (χ0) is 17.9. The molecule has 0 atom stereocenters. The third-order valence-electron chi connectivity index (χ3n) is 4.25. The number of nitrogens with one attached hydrogen (secondary N) is 1. The van der Waals surface area contributed by atoms with Gasteiger partial charge >= 0.3 is 0 Å². The lowest BCUT2D eigenvalue weighted by Crippen LogP contribution is -2.47. The number of hydrogen-bond donors (Lipinski definition) is 1. The Labute approximate surface area is 152 Å². The van der Waals surface area contributed by atoms with Crippen LogP contribution in [-0.4, -0.2) is 48.1 Å². The van der Waals surface area contributed by atoms with Crippen molar-refractivity contribution in [2.24, 2.45) is 0 Å². The number of carbonyl (C=O) groups is 1. The zero-order valence-corrected chi connectivity index (χ0v) is 16.9. The third-order valence-corrected chi connectivity index (χ3v) is 6.76. The maximum Gasteiger partial charge on any atom is 0.268 e. The summed E-state index contributed by atoms with van der Waals surface area (Å²) in [6.07, 6.45) is 3.83. The molecule has 0 radical (unpaired) electrons. The van der Waals surface area contributed by atoms with Crippen LogP contribution in [0.25, 0.3) is 0 Å². The second-order valence-electron chi connectivity index (χ2n) is 6.51. The summed E-state index contributed by atoms with van der Waals surface area (Å²) in [7, 11) is -3.14. The molecule has 1 aromatic rings. The SMILES string of the molecule is CCCS(=O)(=O)N1CCC(NC(=O)c2cc(Br)cn2C(C)C)CC1. The van der Waals surface area contributed by atoms with E-state index in [4.69, 9.17) is 0 Å². The molecule has 1 saturated heterocycles. The van der Waals surface area contributed by atoms with Gasteiger partial charge in [0.05, 0.1) is 5.75 Å². The molecule has 1 aliphatic heterocycles. The van der Waals surface area contributed by atoms with Crippen molar-refractivity contribution in [1.29, 1.82) is 0 Å². The van der Waals surface area contributed by atoms with Crippen LogP contribution in [-0.2, 0) is 10.0 Å². The first-order chi connectivity index (χ1) is 11.2. The Kier molecular flexibility index (Phi) is 6.50. The lowest BCUT2D eigenvalue weighted by molar-refractivity contribution is 0.0913. The van der Waals surface area contributed by atoms with Gasteiger partial charge < -0.3 is 9.88 Å². The number of hydrogen-bond acceptors (Lipinski definition) is 3. The van der Waals surface area contributed by atoms with Crippen LogP contribution in [0.4, 0.5) is 0 Å². The standard InChI is InChI=1S/C16H26BrN3O3S/c1-4-9-24(22,23)19-7-5-14(6-8-19)18-16(21)15-10-13(17)11-20(15)12(2)3/h10-12,14H,4-9H2,1-3H3,(H,18,21). The quantitative estimate of drug-likeness (QED) is 0.770. The maximum atomic E-state index is 12.5. The molecule has 1 aliphatic rings. The van der Waals surface area contributed by atoms with Crippen molar-refractivity contribution in [2.75, 3.05) is 18.8 Å². The molecule has 24 heavy (non-hydrogen) atoms. The van der Waals surface area contributed by atoms with E-state index in [2.05, 4.69) is 21.2 Å². The lowest BCUT2D eigenvalue weighted by atomic mass is 10.1. The van der Waals surface area contributed by atoms with Gasteiger partial charge in [-0.15, -0.1) is 0 Å². The van der Waals surface area contributed by atoms with Gasteiger partial charge in [-0.05, 0) is 55.1 Å². The summed E-state index contributed by atoms with van der Waals surface area (Å²) < 4.78 is 28.5. The van der Waals surface area contributed by atoms with Gasteiger partial charge in [-0.3, -0.25) is 4.79 Å². The Hall–Kier alpha value is -0.860. The van der Waals surface area contributed by atoms with Crippen molar-refractivity contribution >= 4 is 31.9 Å². The molecule has 6 nitrogen and oxygen atoms in total. The molecule has 1 aromatic heterocycles. The summed E-state index contributed by atoms with van der Waals surface area (Å²) in [6, 6.07) is 2.02. The minimum atomic E-state index is -3.14. The Balaban J connectivity index is 1.96. The summed E-state index contributed by atoms with van der Waals surface area (Å²) in [4.78, 5) is 12.5. The predicted molar refractivity (Wildman–Crippen MR) is 98.7 cm³/mol.